The standard InChI is InChI=1S/C15H12N4OS2/c20-14-13(22-15(21)16-14)8-4-7-12-10-19(18-17-12)9-11-5-2-1-3-6-11/h1-8,10H,9H2,(H,16,20,21)/b7-4+,13-8+. The van der Waals surface area contributed by atoms with Crippen molar-refractivity contribution in [2.75, 3.05) is 0 Å². The molecule has 0 aliphatic carbocycles. The van der Waals surface area contributed by atoms with E-state index < -0.39 is 0 Å². The maximum atomic E-state index is 11.5. The number of benzene rings is 1. The number of thiocarbonyl (C=S) groups is 1. The Hall–Kier alpha value is -2.25. The van der Waals surface area contributed by atoms with E-state index in [0.717, 1.165) is 11.3 Å². The highest BCUT2D eigenvalue weighted by Crippen LogP contribution is 2.23. The van der Waals surface area contributed by atoms with Gasteiger partial charge in [0.25, 0.3) is 5.91 Å². The lowest BCUT2D eigenvalue weighted by molar-refractivity contribution is -0.115. The first-order valence-corrected chi connectivity index (χ1v) is 7.79. The fourth-order valence-electron chi connectivity index (χ4n) is 1.91. The zero-order valence-electron chi connectivity index (χ0n) is 11.5. The van der Waals surface area contributed by atoms with Gasteiger partial charge in [-0.1, -0.05) is 65.6 Å². The van der Waals surface area contributed by atoms with Gasteiger partial charge in [0.1, 0.15) is 10.0 Å². The predicted octanol–water partition coefficient (Wildman–Crippen LogP) is 2.37. The molecule has 7 heteroatoms. The Balaban J connectivity index is 1.64. The summed E-state index contributed by atoms with van der Waals surface area (Å²) in [6.45, 7) is 0.676. The van der Waals surface area contributed by atoms with E-state index in [-0.39, 0.29) is 5.91 Å². The average Bonchev–Trinajstić information content (AvgIpc) is 3.07. The summed E-state index contributed by atoms with van der Waals surface area (Å²) in [5.74, 6) is -0.160. The molecule has 1 aliphatic rings. The third-order valence-corrected chi connectivity index (χ3v) is 4.08. The minimum Gasteiger partial charge on any atom is -0.307 e. The molecule has 5 nitrogen and oxygen atoms in total. The van der Waals surface area contributed by atoms with Crippen LogP contribution < -0.4 is 5.32 Å². The average molecular weight is 328 g/mol. The van der Waals surface area contributed by atoms with E-state index in [1.54, 1.807) is 22.9 Å². The molecule has 3 rings (SSSR count). The van der Waals surface area contributed by atoms with Gasteiger partial charge in [-0.15, -0.1) is 5.10 Å². The molecule has 0 spiro atoms. The summed E-state index contributed by atoms with van der Waals surface area (Å²) in [6.07, 6.45) is 7.15. The number of rotatable bonds is 4. The topological polar surface area (TPSA) is 59.8 Å². The molecule has 2 aromatic rings. The van der Waals surface area contributed by atoms with Crippen LogP contribution in [0.15, 0.2) is 53.6 Å². The van der Waals surface area contributed by atoms with Crippen LogP contribution in [0.25, 0.3) is 6.08 Å². The highest BCUT2D eigenvalue weighted by Gasteiger charge is 2.20. The molecular weight excluding hydrogens is 316 g/mol. The SMILES string of the molecule is O=C1NC(=S)S/C1=C/C=C/c1cn(Cc2ccccc2)nn1. The first-order valence-electron chi connectivity index (χ1n) is 6.56. The number of aromatic nitrogens is 3. The molecule has 1 saturated heterocycles. The summed E-state index contributed by atoms with van der Waals surface area (Å²) in [5.41, 5.74) is 1.90. The van der Waals surface area contributed by atoms with Crippen LogP contribution in [-0.4, -0.2) is 25.2 Å². The van der Waals surface area contributed by atoms with Crippen molar-refractivity contribution in [2.24, 2.45) is 0 Å². The lowest BCUT2D eigenvalue weighted by atomic mass is 10.2. The summed E-state index contributed by atoms with van der Waals surface area (Å²) in [6, 6.07) is 10.1. The first-order chi connectivity index (χ1) is 10.7. The lowest BCUT2D eigenvalue weighted by Crippen LogP contribution is -2.17. The second-order valence-corrected chi connectivity index (χ2v) is 6.28. The zero-order valence-corrected chi connectivity index (χ0v) is 13.1. The van der Waals surface area contributed by atoms with Crippen molar-refractivity contribution in [2.45, 2.75) is 6.54 Å². The predicted molar refractivity (Wildman–Crippen MR) is 91.0 cm³/mol. The number of thioether (sulfide) groups is 1. The summed E-state index contributed by atoms with van der Waals surface area (Å²) < 4.78 is 2.26. The van der Waals surface area contributed by atoms with Crippen molar-refractivity contribution in [3.63, 3.8) is 0 Å². The van der Waals surface area contributed by atoms with Crippen LogP contribution in [0.1, 0.15) is 11.3 Å². The molecule has 1 fully saturated rings. The molecule has 0 atom stereocenters. The fraction of sp³-hybridized carbons (Fsp3) is 0.0667. The van der Waals surface area contributed by atoms with Crippen molar-refractivity contribution in [3.05, 3.63) is 64.8 Å². The van der Waals surface area contributed by atoms with Crippen molar-refractivity contribution >= 4 is 40.3 Å². The second kappa shape index (κ2) is 6.67. The molecule has 1 aromatic carbocycles. The van der Waals surface area contributed by atoms with E-state index in [9.17, 15) is 4.79 Å². The number of hydrogen-bond donors (Lipinski definition) is 1. The maximum absolute atomic E-state index is 11.5. The van der Waals surface area contributed by atoms with E-state index in [1.165, 1.54) is 11.8 Å². The fourth-order valence-corrected chi connectivity index (χ4v) is 2.90. The van der Waals surface area contributed by atoms with Gasteiger partial charge in [0, 0.05) is 0 Å². The van der Waals surface area contributed by atoms with Gasteiger partial charge in [0.05, 0.1) is 17.6 Å². The van der Waals surface area contributed by atoms with Gasteiger partial charge in [-0.2, -0.15) is 0 Å². The van der Waals surface area contributed by atoms with Gasteiger partial charge in [-0.3, -0.25) is 4.79 Å². The largest absolute Gasteiger partial charge is 0.307 e. The van der Waals surface area contributed by atoms with Crippen LogP contribution in [0.2, 0.25) is 0 Å². The molecule has 1 amide bonds. The van der Waals surface area contributed by atoms with Gasteiger partial charge in [0.2, 0.25) is 0 Å². The van der Waals surface area contributed by atoms with E-state index in [2.05, 4.69) is 15.6 Å². The number of nitrogens with zero attached hydrogens (tertiary/aromatic N) is 3. The second-order valence-electron chi connectivity index (χ2n) is 4.56. The number of allylic oxidation sites excluding steroid dienone is 2. The van der Waals surface area contributed by atoms with Crippen LogP contribution in [0.4, 0.5) is 0 Å². The Morgan fingerprint density at radius 3 is 2.86 bits per heavy atom. The number of hydrogen-bond acceptors (Lipinski definition) is 5. The van der Waals surface area contributed by atoms with E-state index in [0.29, 0.717) is 15.8 Å². The van der Waals surface area contributed by atoms with Gasteiger partial charge >= 0.3 is 0 Å². The Bertz CT molecular complexity index is 765. The van der Waals surface area contributed by atoms with Crippen molar-refractivity contribution < 1.29 is 4.79 Å². The molecule has 2 heterocycles. The van der Waals surface area contributed by atoms with Crippen molar-refractivity contribution in [3.8, 4) is 0 Å². The number of nitrogens with one attached hydrogen (secondary N) is 1. The van der Waals surface area contributed by atoms with Crippen LogP contribution >= 0.6 is 24.0 Å². The highest BCUT2D eigenvalue weighted by molar-refractivity contribution is 8.26. The zero-order chi connectivity index (χ0) is 15.4. The minimum absolute atomic E-state index is 0.160. The minimum atomic E-state index is -0.160. The first kappa shape index (κ1) is 14.7. The van der Waals surface area contributed by atoms with E-state index in [1.807, 2.05) is 36.5 Å². The molecular formula is C15H12N4OS2. The molecule has 110 valence electrons. The Morgan fingerprint density at radius 2 is 2.14 bits per heavy atom. The summed E-state index contributed by atoms with van der Waals surface area (Å²) in [4.78, 5) is 12.1. The number of carbonyl (C=O) groups is 1. The normalized spacial score (nSPS) is 16.6. The molecule has 22 heavy (non-hydrogen) atoms. The summed E-state index contributed by atoms with van der Waals surface area (Å²) in [5, 5.41) is 10.7. The molecule has 0 saturated carbocycles. The Kier molecular flexibility index (Phi) is 4.45. The molecule has 1 N–H and O–H groups in total. The van der Waals surface area contributed by atoms with Gasteiger partial charge in [-0.25, -0.2) is 4.68 Å². The molecule has 1 aliphatic heterocycles. The van der Waals surface area contributed by atoms with E-state index >= 15 is 0 Å². The smallest absolute Gasteiger partial charge is 0.263 e. The van der Waals surface area contributed by atoms with Gasteiger partial charge in [0.15, 0.2) is 0 Å². The van der Waals surface area contributed by atoms with Crippen LogP contribution in [0.5, 0.6) is 0 Å². The van der Waals surface area contributed by atoms with E-state index in [4.69, 9.17) is 12.2 Å². The third-order valence-electron chi connectivity index (χ3n) is 2.90. The quantitative estimate of drug-likeness (QED) is 0.690. The van der Waals surface area contributed by atoms with Crippen molar-refractivity contribution in [1.29, 1.82) is 0 Å². The van der Waals surface area contributed by atoms with Crippen LogP contribution in [-0.2, 0) is 11.3 Å². The van der Waals surface area contributed by atoms with Crippen LogP contribution in [0.3, 0.4) is 0 Å². The molecule has 0 bridgehead atoms. The monoisotopic (exact) mass is 328 g/mol. The van der Waals surface area contributed by atoms with Gasteiger partial charge in [-0.05, 0) is 17.7 Å². The Labute approximate surface area is 137 Å². The maximum Gasteiger partial charge on any atom is 0.263 e. The van der Waals surface area contributed by atoms with Crippen LogP contribution in [0, 0.1) is 0 Å². The number of carbonyl (C=O) groups excluding carboxylic acids is 1. The molecule has 0 unspecified atom stereocenters. The van der Waals surface area contributed by atoms with Crippen molar-refractivity contribution in [1.82, 2.24) is 20.3 Å². The lowest BCUT2D eigenvalue weighted by Gasteiger charge is -1.98. The number of amides is 1. The molecule has 1 aromatic heterocycles. The Morgan fingerprint density at radius 1 is 1.32 bits per heavy atom. The highest BCUT2D eigenvalue weighted by atomic mass is 32.2. The third kappa shape index (κ3) is 3.69. The van der Waals surface area contributed by atoms with Gasteiger partial charge < -0.3 is 5.32 Å². The molecule has 0 radical (unpaired) electrons. The summed E-state index contributed by atoms with van der Waals surface area (Å²) >= 11 is 6.18. The summed E-state index contributed by atoms with van der Waals surface area (Å²) in [7, 11) is 0.